The summed E-state index contributed by atoms with van der Waals surface area (Å²) in [6, 6.07) is 21.9. The van der Waals surface area contributed by atoms with Crippen LogP contribution in [0.4, 0.5) is 0 Å². The molecule has 0 N–H and O–H groups in total. The Hall–Kier alpha value is 0.324. The third-order valence-electron chi connectivity index (χ3n) is 5.72. The van der Waals surface area contributed by atoms with Gasteiger partial charge in [0, 0.05) is 19.3 Å². The predicted octanol–water partition coefficient (Wildman–Crippen LogP) is 7.00. The molecule has 4 fully saturated rings. The molecule has 0 amide bonds. The molecule has 2 aromatic carbocycles. The first-order valence-electron chi connectivity index (χ1n) is 12.1. The summed E-state index contributed by atoms with van der Waals surface area (Å²) in [6.07, 6.45) is 36.6. The molecule has 193 valence electrons. The Labute approximate surface area is 270 Å². The molecule has 0 atom stereocenters. The summed E-state index contributed by atoms with van der Waals surface area (Å²) >= 11 is 1.84. The van der Waals surface area contributed by atoms with Crippen LogP contribution in [0.25, 0.3) is 0 Å². The summed E-state index contributed by atoms with van der Waals surface area (Å²) in [6.45, 7) is 0. The van der Waals surface area contributed by atoms with E-state index < -0.39 is 7.92 Å². The van der Waals surface area contributed by atoms with Crippen molar-refractivity contribution in [1.29, 1.82) is 0 Å². The van der Waals surface area contributed by atoms with Crippen molar-refractivity contribution in [3.8, 4) is 0 Å². The third-order valence-corrected chi connectivity index (χ3v) is 9.11. The number of benzene rings is 2. The molecule has 0 aliphatic heterocycles. The summed E-state index contributed by atoms with van der Waals surface area (Å²) in [5, 5.41) is 4.21. The van der Waals surface area contributed by atoms with Crippen LogP contribution in [0.3, 0.4) is 0 Å². The van der Waals surface area contributed by atoms with Crippen LogP contribution in [0.15, 0.2) is 60.7 Å². The smallest absolute Gasteiger partial charge is 0.156 e. The van der Waals surface area contributed by atoms with Gasteiger partial charge in [0.25, 0.3) is 0 Å². The molecule has 4 aliphatic carbocycles. The van der Waals surface area contributed by atoms with Crippen molar-refractivity contribution in [2.24, 2.45) is 0 Å². The summed E-state index contributed by atoms with van der Waals surface area (Å²) < 4.78 is 0. The van der Waals surface area contributed by atoms with E-state index in [-0.39, 0.29) is 42.6 Å². The molecule has 0 aromatic heterocycles. The predicted molar refractivity (Wildman–Crippen MR) is 165 cm³/mol. The van der Waals surface area contributed by atoms with Gasteiger partial charge < -0.3 is 0 Å². The van der Waals surface area contributed by atoms with Crippen molar-refractivity contribution >= 4 is 38.7 Å². The second-order valence-electron chi connectivity index (χ2n) is 8.16. The van der Waals surface area contributed by atoms with Gasteiger partial charge in [0.05, 0.1) is 0 Å². The zero-order chi connectivity index (χ0) is 24.8. The van der Waals surface area contributed by atoms with E-state index in [0.717, 1.165) is 6.42 Å². The number of hydrogen-bond acceptors (Lipinski definition) is 1. The maximum absolute atomic E-state index is 2.32. The Bertz CT molecular complexity index is 767. The average Bonchev–Trinajstić information content (AvgIpc) is 3.76. The molecule has 0 nitrogen and oxygen atoms in total. The van der Waals surface area contributed by atoms with Crippen molar-refractivity contribution in [3.05, 3.63) is 186 Å². The summed E-state index contributed by atoms with van der Waals surface area (Å²) in [5.74, 6) is 2.88. The minimum atomic E-state index is -0.532. The Morgan fingerprint density at radius 1 is 0.513 bits per heavy atom. The zero-order valence-corrected chi connectivity index (χ0v) is 25.8. The third kappa shape index (κ3) is 12.2. The number of hydrogen-bond donors (Lipinski definition) is 0. The van der Waals surface area contributed by atoms with Gasteiger partial charge in [-0.3, -0.25) is 0 Å². The molecule has 0 unspecified atom stereocenters. The molecule has 4 saturated carbocycles. The van der Waals surface area contributed by atoms with Crippen LogP contribution < -0.4 is 10.6 Å². The van der Waals surface area contributed by atoms with Gasteiger partial charge in [0.1, 0.15) is 0 Å². The topological polar surface area (TPSA) is 0 Å². The zero-order valence-electron chi connectivity index (χ0n) is 21.9. The van der Waals surface area contributed by atoms with Crippen molar-refractivity contribution in [2.45, 2.75) is 6.42 Å². The largest absolute Gasteiger partial charge is 2.00 e. The molecule has 4 aliphatic rings. The van der Waals surface area contributed by atoms with E-state index in [4.69, 9.17) is 0 Å². The van der Waals surface area contributed by atoms with Crippen LogP contribution in [0.2, 0.25) is 0 Å². The molecular formula is C34H31BFe2PS+4. The molecule has 6 rings (SSSR count). The Morgan fingerprint density at radius 3 is 1.36 bits per heavy atom. The van der Waals surface area contributed by atoms with Gasteiger partial charge >= 0.3 is 34.1 Å². The number of thioether (sulfide) groups is 1. The molecular weight excluding hydrogens is 594 g/mol. The minimum absolute atomic E-state index is 0. The summed E-state index contributed by atoms with van der Waals surface area (Å²) in [7, 11) is -0.532. The first-order valence-corrected chi connectivity index (χ1v) is 14.7. The van der Waals surface area contributed by atoms with Crippen molar-refractivity contribution in [2.75, 3.05) is 6.26 Å². The van der Waals surface area contributed by atoms with E-state index in [2.05, 4.69) is 105 Å². The first-order chi connectivity index (χ1) is 17.9. The molecule has 23 radical (unpaired) electrons. The van der Waals surface area contributed by atoms with Crippen molar-refractivity contribution in [3.63, 3.8) is 0 Å². The molecule has 0 bridgehead atoms. The second kappa shape index (κ2) is 21.9. The fourth-order valence-electron chi connectivity index (χ4n) is 4.03. The van der Waals surface area contributed by atoms with Crippen LogP contribution in [-0.4, -0.2) is 14.7 Å². The maximum Gasteiger partial charge on any atom is 2.00 e. The fourth-order valence-corrected chi connectivity index (χ4v) is 7.12. The van der Waals surface area contributed by atoms with E-state index >= 15 is 0 Å². The summed E-state index contributed by atoms with van der Waals surface area (Å²) in [4.78, 5) is 0. The van der Waals surface area contributed by atoms with E-state index in [0.29, 0.717) is 0 Å². The van der Waals surface area contributed by atoms with Gasteiger partial charge in [-0.2, -0.15) is 11.8 Å². The quantitative estimate of drug-likeness (QED) is 0.247. The SMILES string of the molecule is CS[C]1[CH][CH][CH][C]1C[C]1[CH][CH][CH][C]1P(c1ccccc1)c1ccccc1.[B].[CH]1[CH][CH][CH][CH]1.[CH]1[CH][CH][CH][CH]1.[Fe+2].[Fe+2]. The van der Waals surface area contributed by atoms with E-state index in [9.17, 15) is 0 Å². The second-order valence-corrected chi connectivity index (χ2v) is 11.2. The minimum Gasteiger partial charge on any atom is -0.156 e. The van der Waals surface area contributed by atoms with Crippen LogP contribution in [0.5, 0.6) is 0 Å². The van der Waals surface area contributed by atoms with Gasteiger partial charge in [0.2, 0.25) is 0 Å². The molecule has 2 aromatic rings. The Morgan fingerprint density at radius 2 is 0.923 bits per heavy atom. The van der Waals surface area contributed by atoms with Gasteiger partial charge in [-0.15, -0.1) is 0 Å². The molecule has 39 heavy (non-hydrogen) atoms. The number of rotatable bonds is 6. The van der Waals surface area contributed by atoms with Crippen LogP contribution in [-0.2, 0) is 34.1 Å². The average molecular weight is 625 g/mol. The van der Waals surface area contributed by atoms with Crippen LogP contribution in [0.1, 0.15) is 6.42 Å². The first kappa shape index (κ1) is 37.3. The van der Waals surface area contributed by atoms with Crippen LogP contribution >= 0.6 is 19.7 Å². The molecule has 0 spiro atoms. The maximum atomic E-state index is 2.32. The van der Waals surface area contributed by atoms with Crippen molar-refractivity contribution < 1.29 is 34.1 Å². The standard InChI is InChI=1S/C24H21PS.2C5H5.B.2Fe/c1-26-24-17-9-11-20(24)18-19-10-8-16-23(19)25(21-12-4-2-5-13-21)22-14-6-3-7-15-22;2*1-2-4-5-3-1;;;/h2-17H,18H2,1H3;2*1-5H;;;/q;;;;2*+2. The van der Waals surface area contributed by atoms with Crippen molar-refractivity contribution in [1.82, 2.24) is 0 Å². The molecule has 5 heteroatoms. The molecule has 0 saturated heterocycles. The summed E-state index contributed by atoms with van der Waals surface area (Å²) in [5.41, 5.74) is 1.48. The van der Waals surface area contributed by atoms with Gasteiger partial charge in [-0.1, -0.05) is 60.7 Å². The van der Waals surface area contributed by atoms with Gasteiger partial charge in [-0.25, -0.2) is 0 Å². The normalized spacial score (nSPS) is 19.7. The van der Waals surface area contributed by atoms with E-state index in [1.165, 1.54) is 33.4 Å². The fraction of sp³-hybridized carbons (Fsp3) is 0.0588. The van der Waals surface area contributed by atoms with Gasteiger partial charge in [-0.05, 0) is 146 Å². The Kier molecular flexibility index (Phi) is 21.0. The van der Waals surface area contributed by atoms with E-state index in [1.54, 1.807) is 0 Å². The Balaban J connectivity index is 0.000000492. The van der Waals surface area contributed by atoms with Gasteiger partial charge in [0.15, 0.2) is 0 Å². The molecule has 0 heterocycles. The van der Waals surface area contributed by atoms with E-state index in [1.807, 2.05) is 76.0 Å². The van der Waals surface area contributed by atoms with Crippen LogP contribution in [0, 0.1) is 125 Å². The monoisotopic (exact) mass is 625 g/mol.